The van der Waals surface area contributed by atoms with Crippen LogP contribution in [-0.2, 0) is 0 Å². The van der Waals surface area contributed by atoms with Crippen molar-refractivity contribution < 1.29 is 70.2 Å². The van der Waals surface area contributed by atoms with Gasteiger partial charge in [-0.15, -0.1) is 0 Å². The molecule has 0 aliphatic rings. The van der Waals surface area contributed by atoms with E-state index in [0.29, 0.717) is 0 Å². The van der Waals surface area contributed by atoms with Gasteiger partial charge in [-0.05, 0) is 0 Å². The Morgan fingerprint density at radius 3 is 0.500 bits per heavy atom. The molecule has 0 amide bonds. The zero-order valence-corrected chi connectivity index (χ0v) is 9.55. The van der Waals surface area contributed by atoms with Gasteiger partial charge in [0.15, 0.2) is 0 Å². The molecule has 0 saturated heterocycles. The SMILES string of the molecule is FC(F)(F)C(F)(F)C(F)(F)C(F)(F)C(F)(F)C(F)(F)C(F)(F)F.[NaH]. The third-order valence-electron chi connectivity index (χ3n) is 2.29. The van der Waals surface area contributed by atoms with Crippen molar-refractivity contribution in [3.8, 4) is 0 Å². The minimum absolute atomic E-state index is 0. The summed E-state index contributed by atoms with van der Waals surface area (Å²) in [5.41, 5.74) is 0. The van der Waals surface area contributed by atoms with Crippen LogP contribution in [0.25, 0.3) is 0 Å². The molecule has 0 radical (unpaired) electrons. The molecule has 0 bridgehead atoms. The average Bonchev–Trinajstić information content (AvgIpc) is 2.24. The molecule has 0 nitrogen and oxygen atoms in total. The summed E-state index contributed by atoms with van der Waals surface area (Å²) in [6.45, 7) is 0. The van der Waals surface area contributed by atoms with E-state index in [9.17, 15) is 70.2 Å². The van der Waals surface area contributed by atoms with Crippen molar-refractivity contribution in [1.82, 2.24) is 0 Å². The van der Waals surface area contributed by atoms with Crippen molar-refractivity contribution in [2.75, 3.05) is 0 Å². The van der Waals surface area contributed by atoms with Crippen molar-refractivity contribution >= 4 is 29.6 Å². The van der Waals surface area contributed by atoms with Crippen LogP contribution in [0.2, 0.25) is 0 Å². The average molecular weight is 412 g/mol. The monoisotopic (exact) mass is 412 g/mol. The summed E-state index contributed by atoms with van der Waals surface area (Å²) in [6.07, 6.45) is -15.3. The Kier molecular flexibility index (Phi) is 6.79. The third-order valence-corrected chi connectivity index (χ3v) is 2.29. The summed E-state index contributed by atoms with van der Waals surface area (Å²) in [6, 6.07) is 0. The van der Waals surface area contributed by atoms with Gasteiger partial charge in [0.2, 0.25) is 0 Å². The summed E-state index contributed by atoms with van der Waals surface area (Å²) in [5, 5.41) is 0. The van der Waals surface area contributed by atoms with Crippen LogP contribution in [0, 0.1) is 0 Å². The van der Waals surface area contributed by atoms with Crippen LogP contribution < -0.4 is 0 Å². The number of hydrogen-bond acceptors (Lipinski definition) is 0. The predicted molar refractivity (Wildman–Crippen MR) is 44.0 cm³/mol. The van der Waals surface area contributed by atoms with E-state index in [4.69, 9.17) is 0 Å². The van der Waals surface area contributed by atoms with E-state index in [1.54, 1.807) is 0 Å². The van der Waals surface area contributed by atoms with Crippen LogP contribution in [0.5, 0.6) is 0 Å². The fraction of sp³-hybridized carbons (Fsp3) is 1.00. The fourth-order valence-corrected chi connectivity index (χ4v) is 0.948. The first kappa shape index (κ1) is 26.1. The summed E-state index contributed by atoms with van der Waals surface area (Å²) in [7, 11) is 0. The van der Waals surface area contributed by atoms with E-state index in [-0.39, 0.29) is 29.6 Å². The summed E-state index contributed by atoms with van der Waals surface area (Å²) in [5.74, 6) is -41.2. The van der Waals surface area contributed by atoms with Crippen LogP contribution >= 0.6 is 0 Å². The predicted octanol–water partition coefficient (Wildman–Crippen LogP) is 4.64. The second-order valence-corrected chi connectivity index (χ2v) is 3.87. The Bertz CT molecular complexity index is 400. The molecule has 0 heterocycles. The Hall–Kier alpha value is -0.120. The molecule has 17 heteroatoms. The first-order valence-electron chi connectivity index (χ1n) is 4.52. The van der Waals surface area contributed by atoms with E-state index in [2.05, 4.69) is 0 Å². The van der Waals surface area contributed by atoms with Crippen molar-refractivity contribution in [1.29, 1.82) is 0 Å². The fourth-order valence-electron chi connectivity index (χ4n) is 0.948. The summed E-state index contributed by atoms with van der Waals surface area (Å²) >= 11 is 0. The van der Waals surface area contributed by atoms with Gasteiger partial charge in [-0.25, -0.2) is 0 Å². The quantitative estimate of drug-likeness (QED) is 0.467. The molecule has 0 aromatic heterocycles. The Morgan fingerprint density at radius 1 is 0.250 bits per heavy atom. The second-order valence-electron chi connectivity index (χ2n) is 3.87. The molecule has 0 aliphatic heterocycles. The van der Waals surface area contributed by atoms with Gasteiger partial charge in [0.25, 0.3) is 0 Å². The Labute approximate surface area is 142 Å². The molecule has 0 aromatic rings. The molecule has 0 rings (SSSR count). The van der Waals surface area contributed by atoms with Crippen molar-refractivity contribution in [3.63, 3.8) is 0 Å². The van der Waals surface area contributed by atoms with Gasteiger partial charge in [-0.3, -0.25) is 0 Å². The molecular weight excluding hydrogens is 411 g/mol. The molecular formula is C7HF16Na. The molecule has 0 aliphatic carbocycles. The molecule has 142 valence electrons. The zero-order chi connectivity index (χ0) is 19.5. The minimum atomic E-state index is -8.43. The molecule has 0 spiro atoms. The van der Waals surface area contributed by atoms with E-state index >= 15 is 0 Å². The Morgan fingerprint density at radius 2 is 0.375 bits per heavy atom. The maximum absolute atomic E-state index is 12.6. The van der Waals surface area contributed by atoms with Gasteiger partial charge < -0.3 is 0 Å². The van der Waals surface area contributed by atoms with Crippen molar-refractivity contribution in [3.05, 3.63) is 0 Å². The van der Waals surface area contributed by atoms with Crippen LogP contribution in [-0.4, -0.2) is 71.5 Å². The number of halogens is 16. The number of alkyl halides is 16. The zero-order valence-electron chi connectivity index (χ0n) is 9.55. The number of hydrogen-bond donors (Lipinski definition) is 0. The van der Waals surface area contributed by atoms with Gasteiger partial charge in [0, 0.05) is 0 Å². The van der Waals surface area contributed by atoms with Gasteiger partial charge in [0.05, 0.1) is 0 Å². The molecule has 24 heavy (non-hydrogen) atoms. The standard InChI is InChI=1S/C7F16.Na.H/c8-1(9,2(10,11)4(14,15)6(18,19)20)3(12,13)5(16,17)7(21,22)23;;. The molecule has 0 N–H and O–H groups in total. The van der Waals surface area contributed by atoms with E-state index in [1.807, 2.05) is 0 Å². The van der Waals surface area contributed by atoms with E-state index in [1.165, 1.54) is 0 Å². The molecule has 0 fully saturated rings. The van der Waals surface area contributed by atoms with Gasteiger partial charge in [0.1, 0.15) is 0 Å². The molecule has 0 saturated carbocycles. The van der Waals surface area contributed by atoms with Crippen molar-refractivity contribution in [2.24, 2.45) is 0 Å². The summed E-state index contributed by atoms with van der Waals surface area (Å²) < 4.78 is 193. The molecule has 0 aromatic carbocycles. The second kappa shape index (κ2) is 6.25. The van der Waals surface area contributed by atoms with Gasteiger partial charge in [-0.2, -0.15) is 70.2 Å². The summed E-state index contributed by atoms with van der Waals surface area (Å²) in [4.78, 5) is 0. The topological polar surface area (TPSA) is 0 Å². The van der Waals surface area contributed by atoms with E-state index < -0.39 is 42.0 Å². The van der Waals surface area contributed by atoms with Crippen molar-refractivity contribution in [2.45, 2.75) is 42.0 Å². The maximum atomic E-state index is 12.6. The Balaban J connectivity index is 0. The first-order chi connectivity index (χ1) is 9.50. The molecule has 0 atom stereocenters. The van der Waals surface area contributed by atoms with Crippen LogP contribution in [0.1, 0.15) is 0 Å². The normalized spacial score (nSPS) is 16.0. The number of rotatable bonds is 4. The van der Waals surface area contributed by atoms with Gasteiger partial charge >= 0.3 is 71.5 Å². The van der Waals surface area contributed by atoms with Crippen LogP contribution in [0.15, 0.2) is 0 Å². The van der Waals surface area contributed by atoms with Crippen LogP contribution in [0.4, 0.5) is 70.2 Å². The van der Waals surface area contributed by atoms with Crippen LogP contribution in [0.3, 0.4) is 0 Å². The molecule has 0 unspecified atom stereocenters. The van der Waals surface area contributed by atoms with E-state index in [0.717, 1.165) is 0 Å². The first-order valence-corrected chi connectivity index (χ1v) is 4.52. The van der Waals surface area contributed by atoms with Gasteiger partial charge in [-0.1, -0.05) is 0 Å². The third kappa shape index (κ3) is 3.29.